The molecule has 1 unspecified atom stereocenters. The van der Waals surface area contributed by atoms with Gasteiger partial charge in [0, 0.05) is 4.47 Å². The van der Waals surface area contributed by atoms with Crippen molar-refractivity contribution in [1.82, 2.24) is 0 Å². The molecular weight excluding hydrogens is 240 g/mol. The molecule has 0 aromatic heterocycles. The fourth-order valence-corrected chi connectivity index (χ4v) is 1.73. The Bertz CT molecular complexity index is 299. The number of alkyl halides is 2. The summed E-state index contributed by atoms with van der Waals surface area (Å²) in [5, 5.41) is 0. The lowest BCUT2D eigenvalue weighted by atomic mass is 9.94. The molecule has 1 atom stereocenters. The van der Waals surface area contributed by atoms with Crippen LogP contribution in [0.4, 0.5) is 8.78 Å². The van der Waals surface area contributed by atoms with E-state index in [0.29, 0.717) is 10.0 Å². The van der Waals surface area contributed by atoms with Crippen LogP contribution in [0.15, 0.2) is 28.7 Å². The van der Waals surface area contributed by atoms with E-state index in [2.05, 4.69) is 15.9 Å². The molecule has 4 heteroatoms. The summed E-state index contributed by atoms with van der Waals surface area (Å²) in [6.45, 7) is 1.32. The van der Waals surface area contributed by atoms with Crippen molar-refractivity contribution in [2.45, 2.75) is 18.9 Å². The molecule has 2 N–H and O–H groups in total. The second kappa shape index (κ2) is 3.72. The van der Waals surface area contributed by atoms with E-state index in [-0.39, 0.29) is 0 Å². The summed E-state index contributed by atoms with van der Waals surface area (Å²) < 4.78 is 25.7. The van der Waals surface area contributed by atoms with Crippen LogP contribution in [-0.4, -0.2) is 6.43 Å². The molecule has 1 aromatic carbocycles. The molecule has 1 rings (SSSR count). The number of hydrogen-bond acceptors (Lipinski definition) is 1. The second-order valence-corrected chi connectivity index (χ2v) is 3.92. The Balaban J connectivity index is 3.14. The molecule has 0 aliphatic carbocycles. The summed E-state index contributed by atoms with van der Waals surface area (Å²) in [6, 6.07) is 6.74. The van der Waals surface area contributed by atoms with Crippen molar-refractivity contribution in [3.63, 3.8) is 0 Å². The van der Waals surface area contributed by atoms with Gasteiger partial charge in [0.25, 0.3) is 6.43 Å². The molecule has 1 aromatic rings. The summed E-state index contributed by atoms with van der Waals surface area (Å²) in [6.07, 6.45) is -2.58. The highest BCUT2D eigenvalue weighted by atomic mass is 79.9. The van der Waals surface area contributed by atoms with Crippen molar-refractivity contribution in [1.29, 1.82) is 0 Å². The highest BCUT2D eigenvalue weighted by molar-refractivity contribution is 9.10. The van der Waals surface area contributed by atoms with E-state index in [1.807, 2.05) is 0 Å². The van der Waals surface area contributed by atoms with Gasteiger partial charge in [-0.15, -0.1) is 0 Å². The van der Waals surface area contributed by atoms with Crippen LogP contribution in [0.5, 0.6) is 0 Å². The van der Waals surface area contributed by atoms with Gasteiger partial charge >= 0.3 is 0 Å². The minimum atomic E-state index is -2.58. The van der Waals surface area contributed by atoms with Crippen LogP contribution in [0.25, 0.3) is 0 Å². The highest BCUT2D eigenvalue weighted by Gasteiger charge is 2.33. The van der Waals surface area contributed by atoms with E-state index < -0.39 is 12.0 Å². The third-order valence-electron chi connectivity index (χ3n) is 1.91. The predicted molar refractivity (Wildman–Crippen MR) is 51.7 cm³/mol. The summed E-state index contributed by atoms with van der Waals surface area (Å²) in [5.74, 6) is 0. The SMILES string of the molecule is CC(N)(c1ccccc1Br)C(F)F. The van der Waals surface area contributed by atoms with Crippen LogP contribution in [0.2, 0.25) is 0 Å². The lowest BCUT2D eigenvalue weighted by molar-refractivity contribution is 0.0621. The van der Waals surface area contributed by atoms with Crippen LogP contribution in [-0.2, 0) is 5.54 Å². The lowest BCUT2D eigenvalue weighted by Gasteiger charge is -2.25. The average Bonchev–Trinajstić information content (AvgIpc) is 2.04. The van der Waals surface area contributed by atoms with E-state index in [4.69, 9.17) is 5.73 Å². The van der Waals surface area contributed by atoms with Crippen molar-refractivity contribution in [2.75, 3.05) is 0 Å². The molecule has 0 heterocycles. The largest absolute Gasteiger partial charge is 0.317 e. The standard InChI is InChI=1S/C9H10BrF2N/c1-9(13,8(11)12)6-4-2-3-5-7(6)10/h2-5,8H,13H2,1H3. The third-order valence-corrected chi connectivity index (χ3v) is 2.60. The first-order chi connectivity index (χ1) is 5.96. The number of hydrogen-bond donors (Lipinski definition) is 1. The van der Waals surface area contributed by atoms with Gasteiger partial charge in [-0.3, -0.25) is 0 Å². The Hall–Kier alpha value is -0.480. The third kappa shape index (κ3) is 2.06. The van der Waals surface area contributed by atoms with Gasteiger partial charge in [0.2, 0.25) is 0 Å². The monoisotopic (exact) mass is 249 g/mol. The van der Waals surface area contributed by atoms with Crippen molar-refractivity contribution in [2.24, 2.45) is 5.73 Å². The average molecular weight is 250 g/mol. The van der Waals surface area contributed by atoms with E-state index in [1.54, 1.807) is 24.3 Å². The van der Waals surface area contributed by atoms with Gasteiger partial charge in [0.1, 0.15) is 5.54 Å². The van der Waals surface area contributed by atoms with Crippen molar-refractivity contribution in [3.8, 4) is 0 Å². The minimum Gasteiger partial charge on any atom is -0.317 e. The molecule has 72 valence electrons. The van der Waals surface area contributed by atoms with Crippen LogP contribution in [0, 0.1) is 0 Å². The normalized spacial score (nSPS) is 15.8. The van der Waals surface area contributed by atoms with Gasteiger partial charge in [-0.1, -0.05) is 34.1 Å². The Labute approximate surface area is 84.1 Å². The van der Waals surface area contributed by atoms with Crippen molar-refractivity contribution < 1.29 is 8.78 Å². The molecule has 0 spiro atoms. The van der Waals surface area contributed by atoms with Gasteiger partial charge in [-0.25, -0.2) is 8.78 Å². The molecule has 0 amide bonds. The summed E-state index contributed by atoms with van der Waals surface area (Å²) in [5.41, 5.74) is 4.33. The van der Waals surface area contributed by atoms with Gasteiger partial charge in [-0.2, -0.15) is 0 Å². The molecule has 13 heavy (non-hydrogen) atoms. The summed E-state index contributed by atoms with van der Waals surface area (Å²) in [4.78, 5) is 0. The Morgan fingerprint density at radius 3 is 2.38 bits per heavy atom. The molecule has 0 radical (unpaired) electrons. The summed E-state index contributed by atoms with van der Waals surface area (Å²) in [7, 11) is 0. The lowest BCUT2D eigenvalue weighted by Crippen LogP contribution is -2.40. The molecule has 0 saturated heterocycles. The van der Waals surface area contributed by atoms with Gasteiger partial charge in [0.05, 0.1) is 0 Å². The highest BCUT2D eigenvalue weighted by Crippen LogP contribution is 2.30. The fraction of sp³-hybridized carbons (Fsp3) is 0.333. The maximum atomic E-state index is 12.5. The topological polar surface area (TPSA) is 26.0 Å². The number of nitrogens with two attached hydrogens (primary N) is 1. The number of benzene rings is 1. The van der Waals surface area contributed by atoms with Gasteiger partial charge in [0.15, 0.2) is 0 Å². The fourth-order valence-electron chi connectivity index (χ4n) is 1.02. The second-order valence-electron chi connectivity index (χ2n) is 3.06. The Morgan fingerprint density at radius 2 is 1.92 bits per heavy atom. The van der Waals surface area contributed by atoms with E-state index in [9.17, 15) is 8.78 Å². The van der Waals surface area contributed by atoms with Crippen molar-refractivity contribution in [3.05, 3.63) is 34.3 Å². The maximum Gasteiger partial charge on any atom is 0.260 e. The zero-order valence-corrected chi connectivity index (χ0v) is 8.68. The first-order valence-electron chi connectivity index (χ1n) is 3.78. The van der Waals surface area contributed by atoms with E-state index >= 15 is 0 Å². The predicted octanol–water partition coefficient (Wildman–Crippen LogP) is 2.89. The van der Waals surface area contributed by atoms with Crippen LogP contribution in [0.3, 0.4) is 0 Å². The molecule has 0 aliphatic rings. The van der Waals surface area contributed by atoms with Crippen molar-refractivity contribution >= 4 is 15.9 Å². The first kappa shape index (κ1) is 10.6. The summed E-state index contributed by atoms with van der Waals surface area (Å²) >= 11 is 3.19. The minimum absolute atomic E-state index is 0.421. The zero-order chi connectivity index (χ0) is 10.1. The quantitative estimate of drug-likeness (QED) is 0.858. The Kier molecular flexibility index (Phi) is 3.03. The van der Waals surface area contributed by atoms with E-state index in [0.717, 1.165) is 0 Å². The Morgan fingerprint density at radius 1 is 1.38 bits per heavy atom. The van der Waals surface area contributed by atoms with Crippen LogP contribution >= 0.6 is 15.9 Å². The number of rotatable bonds is 2. The van der Waals surface area contributed by atoms with Crippen LogP contribution < -0.4 is 5.73 Å². The number of halogens is 3. The first-order valence-corrected chi connectivity index (χ1v) is 4.57. The smallest absolute Gasteiger partial charge is 0.260 e. The maximum absolute atomic E-state index is 12.5. The molecule has 0 fully saturated rings. The zero-order valence-electron chi connectivity index (χ0n) is 7.10. The molecule has 0 bridgehead atoms. The van der Waals surface area contributed by atoms with Gasteiger partial charge in [-0.05, 0) is 18.6 Å². The van der Waals surface area contributed by atoms with Gasteiger partial charge < -0.3 is 5.73 Å². The molecule has 1 nitrogen and oxygen atoms in total. The van der Waals surface area contributed by atoms with E-state index in [1.165, 1.54) is 6.92 Å². The molecular formula is C9H10BrF2N. The molecule has 0 aliphatic heterocycles. The molecule has 0 saturated carbocycles. The van der Waals surface area contributed by atoms with Crippen LogP contribution in [0.1, 0.15) is 12.5 Å².